The van der Waals surface area contributed by atoms with Crippen LogP contribution in [0.25, 0.3) is 0 Å². The first-order chi connectivity index (χ1) is 6.84. The Hall–Kier alpha value is -0.960. The molecule has 1 aliphatic heterocycles. The Bertz CT molecular complexity index is 312. The highest BCUT2D eigenvalue weighted by molar-refractivity contribution is 8.00. The zero-order chi connectivity index (χ0) is 9.80. The third-order valence-corrected chi connectivity index (χ3v) is 3.35. The lowest BCUT2D eigenvalue weighted by molar-refractivity contribution is -0.119. The van der Waals surface area contributed by atoms with Crippen LogP contribution in [-0.2, 0) is 11.2 Å². The summed E-state index contributed by atoms with van der Waals surface area (Å²) >= 11 is 1.72. The van der Waals surface area contributed by atoms with Crippen molar-refractivity contribution in [3.8, 4) is 0 Å². The van der Waals surface area contributed by atoms with Gasteiger partial charge in [0.15, 0.2) is 0 Å². The molecule has 74 valence electrons. The van der Waals surface area contributed by atoms with Gasteiger partial charge in [0.2, 0.25) is 5.91 Å². The largest absolute Gasteiger partial charge is 0.351 e. The van der Waals surface area contributed by atoms with Crippen LogP contribution in [0.15, 0.2) is 30.3 Å². The molecule has 0 aliphatic carbocycles. The van der Waals surface area contributed by atoms with Crippen molar-refractivity contribution in [1.82, 2.24) is 5.32 Å². The van der Waals surface area contributed by atoms with Gasteiger partial charge in [-0.15, -0.1) is 11.8 Å². The molecule has 1 saturated heterocycles. The van der Waals surface area contributed by atoms with Gasteiger partial charge in [-0.3, -0.25) is 4.79 Å². The fourth-order valence-electron chi connectivity index (χ4n) is 1.61. The van der Waals surface area contributed by atoms with Crippen LogP contribution in [0, 0.1) is 0 Å². The Kier molecular flexibility index (Phi) is 3.09. The summed E-state index contributed by atoms with van der Waals surface area (Å²) in [5.41, 5.74) is 1.29. The molecular weight excluding hydrogens is 194 g/mol. The second-order valence-electron chi connectivity index (χ2n) is 3.47. The molecule has 3 heteroatoms. The molecule has 2 rings (SSSR count). The first kappa shape index (κ1) is 9.59. The van der Waals surface area contributed by atoms with Gasteiger partial charge in [0.1, 0.15) is 0 Å². The average Bonchev–Trinajstić information content (AvgIpc) is 2.19. The number of benzene rings is 1. The molecule has 1 aromatic rings. The third kappa shape index (κ3) is 2.51. The van der Waals surface area contributed by atoms with E-state index in [0.717, 1.165) is 12.2 Å². The monoisotopic (exact) mass is 207 g/mol. The van der Waals surface area contributed by atoms with Gasteiger partial charge in [0.25, 0.3) is 0 Å². The second kappa shape index (κ2) is 4.51. The number of carbonyl (C=O) groups excluding carboxylic acids is 1. The number of nitrogens with one attached hydrogen (secondary N) is 1. The summed E-state index contributed by atoms with van der Waals surface area (Å²) in [5.74, 6) is 1.81. The first-order valence-electron chi connectivity index (χ1n) is 4.75. The van der Waals surface area contributed by atoms with E-state index in [0.29, 0.717) is 11.8 Å². The summed E-state index contributed by atoms with van der Waals surface area (Å²) in [7, 11) is 0. The lowest BCUT2D eigenvalue weighted by atomic mass is 10.1. The van der Waals surface area contributed by atoms with E-state index >= 15 is 0 Å². The summed E-state index contributed by atoms with van der Waals surface area (Å²) < 4.78 is 0. The maximum atomic E-state index is 11.1. The van der Waals surface area contributed by atoms with E-state index < -0.39 is 0 Å². The number of thioether (sulfide) groups is 1. The van der Waals surface area contributed by atoms with Crippen LogP contribution in [0.3, 0.4) is 0 Å². The Labute approximate surface area is 88.1 Å². The Morgan fingerprint density at radius 3 is 2.86 bits per heavy atom. The van der Waals surface area contributed by atoms with Crippen LogP contribution in [0.2, 0.25) is 0 Å². The van der Waals surface area contributed by atoms with Crippen molar-refractivity contribution < 1.29 is 4.79 Å². The minimum absolute atomic E-state index is 0.169. The lowest BCUT2D eigenvalue weighted by Crippen LogP contribution is -2.43. The van der Waals surface area contributed by atoms with Crippen LogP contribution in [0.4, 0.5) is 0 Å². The highest BCUT2D eigenvalue weighted by Gasteiger charge is 2.18. The van der Waals surface area contributed by atoms with E-state index in [2.05, 4.69) is 17.4 Å². The maximum Gasteiger partial charge on any atom is 0.230 e. The van der Waals surface area contributed by atoms with Gasteiger partial charge in [-0.25, -0.2) is 0 Å². The van der Waals surface area contributed by atoms with Crippen molar-refractivity contribution in [2.75, 3.05) is 11.5 Å². The quantitative estimate of drug-likeness (QED) is 0.795. The van der Waals surface area contributed by atoms with Crippen LogP contribution in [0.1, 0.15) is 5.56 Å². The molecule has 1 aliphatic rings. The fraction of sp³-hybridized carbons (Fsp3) is 0.364. The van der Waals surface area contributed by atoms with E-state index in [1.807, 2.05) is 18.2 Å². The van der Waals surface area contributed by atoms with Gasteiger partial charge in [-0.05, 0) is 12.0 Å². The molecule has 0 radical (unpaired) electrons. The van der Waals surface area contributed by atoms with E-state index in [9.17, 15) is 4.79 Å². The van der Waals surface area contributed by atoms with Crippen LogP contribution < -0.4 is 5.32 Å². The summed E-state index contributed by atoms with van der Waals surface area (Å²) in [4.78, 5) is 11.1. The number of hydrogen-bond donors (Lipinski definition) is 1. The molecule has 2 nitrogen and oxygen atoms in total. The predicted molar refractivity (Wildman–Crippen MR) is 59.4 cm³/mol. The number of rotatable bonds is 2. The van der Waals surface area contributed by atoms with Crippen LogP contribution in [-0.4, -0.2) is 23.5 Å². The maximum absolute atomic E-state index is 11.1. The van der Waals surface area contributed by atoms with Crippen molar-refractivity contribution in [3.63, 3.8) is 0 Å². The highest BCUT2D eigenvalue weighted by Crippen LogP contribution is 2.12. The van der Waals surface area contributed by atoms with Gasteiger partial charge in [-0.1, -0.05) is 30.3 Å². The molecule has 1 aromatic carbocycles. The van der Waals surface area contributed by atoms with Crippen molar-refractivity contribution in [2.45, 2.75) is 12.5 Å². The minimum atomic E-state index is 0.169. The Morgan fingerprint density at radius 1 is 1.36 bits per heavy atom. The van der Waals surface area contributed by atoms with Crippen molar-refractivity contribution in [1.29, 1.82) is 0 Å². The summed E-state index contributed by atoms with van der Waals surface area (Å²) in [6.07, 6.45) is 0.944. The highest BCUT2D eigenvalue weighted by atomic mass is 32.2. The smallest absolute Gasteiger partial charge is 0.230 e. The SMILES string of the molecule is O=C1CSCC(Cc2ccccc2)N1. The third-order valence-electron chi connectivity index (χ3n) is 2.24. The predicted octanol–water partition coefficient (Wildman–Crippen LogP) is 1.46. The molecule has 1 fully saturated rings. The zero-order valence-electron chi connectivity index (χ0n) is 7.90. The second-order valence-corrected chi connectivity index (χ2v) is 4.50. The number of carbonyl (C=O) groups is 1. The van der Waals surface area contributed by atoms with Crippen LogP contribution >= 0.6 is 11.8 Å². The lowest BCUT2D eigenvalue weighted by Gasteiger charge is -2.22. The van der Waals surface area contributed by atoms with Crippen molar-refractivity contribution >= 4 is 17.7 Å². The molecule has 1 N–H and O–H groups in total. The minimum Gasteiger partial charge on any atom is -0.351 e. The summed E-state index contributed by atoms with van der Waals surface area (Å²) in [6.45, 7) is 0. The van der Waals surface area contributed by atoms with Gasteiger partial charge < -0.3 is 5.32 Å². The zero-order valence-corrected chi connectivity index (χ0v) is 8.72. The molecule has 1 atom stereocenters. The molecule has 0 aromatic heterocycles. The molecule has 1 unspecified atom stereocenters. The normalized spacial score (nSPS) is 21.7. The first-order valence-corrected chi connectivity index (χ1v) is 5.91. The van der Waals surface area contributed by atoms with E-state index in [1.165, 1.54) is 5.56 Å². The topological polar surface area (TPSA) is 29.1 Å². The van der Waals surface area contributed by atoms with Crippen molar-refractivity contribution in [3.05, 3.63) is 35.9 Å². The Morgan fingerprint density at radius 2 is 2.14 bits per heavy atom. The summed E-state index contributed by atoms with van der Waals surface area (Å²) in [6, 6.07) is 10.6. The molecule has 14 heavy (non-hydrogen) atoms. The van der Waals surface area contributed by atoms with Crippen LogP contribution in [0.5, 0.6) is 0 Å². The van der Waals surface area contributed by atoms with E-state index in [-0.39, 0.29) is 5.91 Å². The standard InChI is InChI=1S/C11H13NOS/c13-11-8-14-7-10(12-11)6-9-4-2-1-3-5-9/h1-5,10H,6-8H2,(H,12,13). The molecule has 0 bridgehead atoms. The number of hydrogen-bond acceptors (Lipinski definition) is 2. The van der Waals surface area contributed by atoms with E-state index in [1.54, 1.807) is 11.8 Å². The van der Waals surface area contributed by atoms with Crippen molar-refractivity contribution in [2.24, 2.45) is 0 Å². The van der Waals surface area contributed by atoms with Gasteiger partial charge >= 0.3 is 0 Å². The molecule has 0 spiro atoms. The molecule has 0 saturated carbocycles. The molecule has 1 heterocycles. The Balaban J connectivity index is 1.94. The summed E-state index contributed by atoms with van der Waals surface area (Å²) in [5, 5.41) is 3.01. The van der Waals surface area contributed by atoms with Gasteiger partial charge in [-0.2, -0.15) is 0 Å². The number of amides is 1. The van der Waals surface area contributed by atoms with Gasteiger partial charge in [0, 0.05) is 11.8 Å². The average molecular weight is 207 g/mol. The molecule has 1 amide bonds. The molecular formula is C11H13NOS. The fourth-order valence-corrected chi connectivity index (χ4v) is 2.49. The van der Waals surface area contributed by atoms with Gasteiger partial charge in [0.05, 0.1) is 5.75 Å². The van der Waals surface area contributed by atoms with E-state index in [4.69, 9.17) is 0 Å².